The lowest BCUT2D eigenvalue weighted by Crippen LogP contribution is -2.14. The molecule has 4 aromatic rings. The molecule has 0 saturated carbocycles. The van der Waals surface area contributed by atoms with E-state index >= 15 is 0 Å². The van der Waals surface area contributed by atoms with E-state index in [1.165, 1.54) is 0 Å². The molecule has 0 atom stereocenters. The van der Waals surface area contributed by atoms with Gasteiger partial charge in [0.2, 0.25) is 0 Å². The van der Waals surface area contributed by atoms with Crippen molar-refractivity contribution in [2.75, 3.05) is 25.6 Å². The lowest BCUT2D eigenvalue weighted by Gasteiger charge is -2.13. The third kappa shape index (κ3) is 3.82. The van der Waals surface area contributed by atoms with Crippen molar-refractivity contribution < 1.29 is 9.53 Å². The number of carbonyl (C=O) groups is 1. The average Bonchev–Trinajstić information content (AvgIpc) is 3.36. The van der Waals surface area contributed by atoms with E-state index in [0.717, 1.165) is 44.3 Å². The molecule has 2 aromatic carbocycles. The van der Waals surface area contributed by atoms with Crippen LogP contribution in [0, 0.1) is 0 Å². The molecule has 168 valence electrons. The molecule has 2 aromatic heterocycles. The molecule has 0 radical (unpaired) electrons. The van der Waals surface area contributed by atoms with E-state index in [0.29, 0.717) is 25.3 Å². The number of rotatable bonds is 5. The number of aromatic nitrogens is 5. The first-order valence-corrected chi connectivity index (χ1v) is 11.5. The monoisotopic (exact) mass is 506 g/mol. The Morgan fingerprint density at radius 3 is 2.67 bits per heavy atom. The second kappa shape index (κ2) is 8.47. The van der Waals surface area contributed by atoms with Crippen LogP contribution in [0.25, 0.3) is 17.1 Å². The summed E-state index contributed by atoms with van der Waals surface area (Å²) in [5, 5.41) is 9.08. The van der Waals surface area contributed by atoms with E-state index in [-0.39, 0.29) is 0 Å². The smallest absolute Gasteiger partial charge is 0.358 e. The van der Waals surface area contributed by atoms with Crippen LogP contribution in [0.3, 0.4) is 0 Å². The minimum atomic E-state index is -0.428. The third-order valence-corrected chi connectivity index (χ3v) is 6.24. The van der Waals surface area contributed by atoms with E-state index in [1.54, 1.807) is 13.3 Å². The quantitative estimate of drug-likeness (QED) is 0.334. The highest BCUT2D eigenvalue weighted by Crippen LogP contribution is 2.34. The van der Waals surface area contributed by atoms with Crippen LogP contribution in [0.5, 0.6) is 0 Å². The number of hydrogen-bond acceptors (Lipinski definition) is 6. The van der Waals surface area contributed by atoms with Gasteiger partial charge < -0.3 is 14.2 Å². The van der Waals surface area contributed by atoms with Crippen LogP contribution in [0.1, 0.15) is 34.5 Å². The van der Waals surface area contributed by atoms with E-state index < -0.39 is 5.97 Å². The molecule has 3 heterocycles. The minimum absolute atomic E-state index is 0.292. The van der Waals surface area contributed by atoms with Crippen molar-refractivity contribution in [2.24, 2.45) is 0 Å². The molecule has 33 heavy (non-hydrogen) atoms. The standard InChI is InChI=1S/C24H23BrN6O2/c1-4-33-24(32)22-20-13-30-21(11-15-5-8-17(9-6-15)29(2)3)27-28-23(30)18-12-16(25)7-10-19(18)31(20)14-26-22/h5-10,12,14H,4,11,13H2,1-3H3. The highest BCUT2D eigenvalue weighted by molar-refractivity contribution is 9.10. The lowest BCUT2D eigenvalue weighted by molar-refractivity contribution is 0.0518. The zero-order valence-corrected chi connectivity index (χ0v) is 20.2. The molecule has 1 aliphatic rings. The molecule has 5 rings (SSSR count). The minimum Gasteiger partial charge on any atom is -0.461 e. The zero-order chi connectivity index (χ0) is 23.1. The Hall–Kier alpha value is -3.46. The van der Waals surface area contributed by atoms with Crippen molar-refractivity contribution in [1.82, 2.24) is 24.3 Å². The van der Waals surface area contributed by atoms with Crippen molar-refractivity contribution in [1.29, 1.82) is 0 Å². The van der Waals surface area contributed by atoms with Gasteiger partial charge in [-0.05, 0) is 42.8 Å². The number of hydrogen-bond donors (Lipinski definition) is 0. The molecule has 0 saturated heterocycles. The highest BCUT2D eigenvalue weighted by atomic mass is 79.9. The van der Waals surface area contributed by atoms with Gasteiger partial charge in [0.25, 0.3) is 0 Å². The second-order valence-corrected chi connectivity index (χ2v) is 8.97. The van der Waals surface area contributed by atoms with Gasteiger partial charge in [0.05, 0.1) is 24.5 Å². The maximum atomic E-state index is 12.6. The van der Waals surface area contributed by atoms with Crippen LogP contribution in [-0.2, 0) is 17.7 Å². The highest BCUT2D eigenvalue weighted by Gasteiger charge is 2.28. The number of benzene rings is 2. The van der Waals surface area contributed by atoms with Crippen LogP contribution in [0.2, 0.25) is 0 Å². The number of esters is 1. The molecule has 0 fully saturated rings. The first-order chi connectivity index (χ1) is 16.0. The molecule has 0 unspecified atom stereocenters. The summed E-state index contributed by atoms with van der Waals surface area (Å²) < 4.78 is 10.2. The first kappa shape index (κ1) is 21.4. The van der Waals surface area contributed by atoms with Gasteiger partial charge in [-0.3, -0.25) is 4.57 Å². The summed E-state index contributed by atoms with van der Waals surface area (Å²) in [6.45, 7) is 2.49. The number of ether oxygens (including phenoxy) is 1. The van der Waals surface area contributed by atoms with Crippen molar-refractivity contribution in [3.63, 3.8) is 0 Å². The lowest BCUT2D eigenvalue weighted by atomic mass is 10.1. The van der Waals surface area contributed by atoms with Gasteiger partial charge in [-0.2, -0.15) is 0 Å². The van der Waals surface area contributed by atoms with Gasteiger partial charge in [0.15, 0.2) is 11.5 Å². The summed E-state index contributed by atoms with van der Waals surface area (Å²) in [6.07, 6.45) is 2.29. The number of imidazole rings is 1. The maximum absolute atomic E-state index is 12.6. The first-order valence-electron chi connectivity index (χ1n) is 10.7. The second-order valence-electron chi connectivity index (χ2n) is 8.06. The molecular weight excluding hydrogens is 484 g/mol. The number of nitrogens with zero attached hydrogens (tertiary/aromatic N) is 6. The Morgan fingerprint density at radius 1 is 1.15 bits per heavy atom. The van der Waals surface area contributed by atoms with Crippen LogP contribution in [0.15, 0.2) is 53.3 Å². The molecule has 0 amide bonds. The Bertz CT molecular complexity index is 1340. The van der Waals surface area contributed by atoms with Gasteiger partial charge in [-0.15, -0.1) is 10.2 Å². The predicted molar refractivity (Wildman–Crippen MR) is 129 cm³/mol. The summed E-state index contributed by atoms with van der Waals surface area (Å²) >= 11 is 3.58. The van der Waals surface area contributed by atoms with Gasteiger partial charge in [-0.25, -0.2) is 9.78 Å². The van der Waals surface area contributed by atoms with Crippen molar-refractivity contribution in [2.45, 2.75) is 19.9 Å². The van der Waals surface area contributed by atoms with Crippen LogP contribution < -0.4 is 4.90 Å². The molecule has 0 aliphatic carbocycles. The fourth-order valence-electron chi connectivity index (χ4n) is 4.08. The molecule has 9 heteroatoms. The summed E-state index contributed by atoms with van der Waals surface area (Å²) in [5.41, 5.74) is 5.14. The largest absolute Gasteiger partial charge is 0.461 e. The van der Waals surface area contributed by atoms with Crippen LogP contribution in [0.4, 0.5) is 5.69 Å². The van der Waals surface area contributed by atoms with Crippen molar-refractivity contribution >= 4 is 27.6 Å². The summed E-state index contributed by atoms with van der Waals surface area (Å²) in [5.74, 6) is 1.14. The Morgan fingerprint density at radius 2 is 1.94 bits per heavy atom. The van der Waals surface area contributed by atoms with Crippen LogP contribution in [-0.4, -0.2) is 51.0 Å². The number of anilines is 1. The van der Waals surface area contributed by atoms with Gasteiger partial charge in [0, 0.05) is 36.2 Å². The maximum Gasteiger partial charge on any atom is 0.358 e. The molecular formula is C24H23BrN6O2. The molecule has 0 spiro atoms. The molecule has 0 bridgehead atoms. The Kier molecular flexibility index (Phi) is 5.49. The molecule has 1 aliphatic heterocycles. The van der Waals surface area contributed by atoms with Crippen molar-refractivity contribution in [3.8, 4) is 17.1 Å². The van der Waals surface area contributed by atoms with E-state index in [1.807, 2.05) is 36.9 Å². The van der Waals surface area contributed by atoms with Gasteiger partial charge in [-0.1, -0.05) is 28.1 Å². The number of halogens is 1. The Labute approximate surface area is 200 Å². The average molecular weight is 507 g/mol. The van der Waals surface area contributed by atoms with E-state index in [9.17, 15) is 4.79 Å². The zero-order valence-electron chi connectivity index (χ0n) is 18.6. The molecule has 0 N–H and O–H groups in total. The third-order valence-electron chi connectivity index (χ3n) is 5.74. The summed E-state index contributed by atoms with van der Waals surface area (Å²) in [6, 6.07) is 14.4. The number of carbonyl (C=O) groups excluding carboxylic acids is 1. The topological polar surface area (TPSA) is 78.1 Å². The summed E-state index contributed by atoms with van der Waals surface area (Å²) in [4.78, 5) is 19.1. The van der Waals surface area contributed by atoms with E-state index in [2.05, 4.69) is 64.8 Å². The number of fused-ring (bicyclic) bond motifs is 5. The molecule has 8 nitrogen and oxygen atoms in total. The Balaban J connectivity index is 1.62. The van der Waals surface area contributed by atoms with Gasteiger partial charge in [0.1, 0.15) is 12.2 Å². The normalized spacial score (nSPS) is 11.9. The fourth-order valence-corrected chi connectivity index (χ4v) is 4.44. The SMILES string of the molecule is CCOC(=O)c1ncn2c1Cn1c(Cc3ccc(N(C)C)cc3)nnc1-c1cc(Br)ccc1-2. The van der Waals surface area contributed by atoms with E-state index in [4.69, 9.17) is 4.74 Å². The van der Waals surface area contributed by atoms with Gasteiger partial charge >= 0.3 is 5.97 Å². The predicted octanol–water partition coefficient (Wildman–Crippen LogP) is 4.09. The fraction of sp³-hybridized carbons (Fsp3) is 0.250. The van der Waals surface area contributed by atoms with Crippen LogP contribution >= 0.6 is 15.9 Å². The van der Waals surface area contributed by atoms with Crippen molar-refractivity contribution in [3.05, 3.63) is 76.0 Å². The summed E-state index contributed by atoms with van der Waals surface area (Å²) in [7, 11) is 4.04.